The molecule has 0 spiro atoms. The van der Waals surface area contributed by atoms with Crippen molar-refractivity contribution in [3.8, 4) is 0 Å². The Labute approximate surface area is 205 Å². The average molecular weight is 512 g/mol. The monoisotopic (exact) mass is 511 g/mol. The molecule has 0 aliphatic rings. The minimum Gasteiger partial charge on any atom is -0.741 e. The summed E-state index contributed by atoms with van der Waals surface area (Å²) in [4.78, 5) is 2.14. The first-order valence-corrected chi connectivity index (χ1v) is 12.5. The molecule has 0 aliphatic heterocycles. The van der Waals surface area contributed by atoms with Gasteiger partial charge in [0, 0.05) is 61.3 Å². The molecule has 10 heteroatoms. The van der Waals surface area contributed by atoms with Gasteiger partial charge in [-0.3, -0.25) is 0 Å². The van der Waals surface area contributed by atoms with Gasteiger partial charge in [0.2, 0.25) is 11.2 Å². The molecule has 3 aromatic rings. The molecule has 0 radical (unpaired) electrons. The second-order valence-corrected chi connectivity index (χ2v) is 9.89. The number of hydrogen-bond donors (Lipinski definition) is 0. The van der Waals surface area contributed by atoms with E-state index in [0.717, 1.165) is 6.54 Å². The maximum Gasteiger partial charge on any atom is 0.485 e. The number of pyridine rings is 1. The van der Waals surface area contributed by atoms with Crippen molar-refractivity contribution >= 4 is 38.9 Å². The van der Waals surface area contributed by atoms with E-state index in [1.807, 2.05) is 0 Å². The van der Waals surface area contributed by atoms with E-state index < -0.39 is 15.6 Å². The van der Waals surface area contributed by atoms with Crippen LogP contribution in [0.2, 0.25) is 0 Å². The predicted molar refractivity (Wildman–Crippen MR) is 133 cm³/mol. The Morgan fingerprint density at radius 2 is 1.71 bits per heavy atom. The number of hydrogen-bond acceptors (Lipinski definition) is 4. The standard InChI is InChI=1S/C24H32N3.CHF3O3S/c1-7-8-15-27-18(2)16-20(19(27)3)9-11-22-12-10-21-17-23(25(4)5)13-14-24(21)26(22)6;2-1(3,4)8(5,6)7/h9-14,16-17H,7-8,15H2,1-6H3;(H,5,6,7)/q+1;/p-1. The number of aromatic nitrogens is 2. The summed E-state index contributed by atoms with van der Waals surface area (Å²) in [6.07, 6.45) is 6.93. The zero-order chi connectivity index (χ0) is 26.6. The van der Waals surface area contributed by atoms with Gasteiger partial charge in [-0.25, -0.2) is 8.42 Å². The number of fused-ring (bicyclic) bond motifs is 1. The lowest BCUT2D eigenvalue weighted by Gasteiger charge is -2.12. The van der Waals surface area contributed by atoms with Crippen LogP contribution in [0.25, 0.3) is 23.1 Å². The van der Waals surface area contributed by atoms with Gasteiger partial charge < -0.3 is 14.0 Å². The molecule has 0 unspecified atom stereocenters. The minimum atomic E-state index is -6.09. The van der Waals surface area contributed by atoms with Crippen molar-refractivity contribution in [2.45, 2.75) is 45.7 Å². The van der Waals surface area contributed by atoms with Gasteiger partial charge >= 0.3 is 5.51 Å². The quantitative estimate of drug-likeness (QED) is 0.260. The molecule has 0 amide bonds. The van der Waals surface area contributed by atoms with Gasteiger partial charge in [-0.15, -0.1) is 0 Å². The van der Waals surface area contributed by atoms with Gasteiger partial charge in [0.05, 0.1) is 0 Å². The highest BCUT2D eigenvalue weighted by molar-refractivity contribution is 7.86. The van der Waals surface area contributed by atoms with E-state index in [1.165, 1.54) is 52.1 Å². The van der Waals surface area contributed by atoms with Crippen LogP contribution in [0, 0.1) is 13.8 Å². The molecule has 0 N–H and O–H groups in total. The molecule has 2 aromatic heterocycles. The molecule has 192 valence electrons. The first-order valence-electron chi connectivity index (χ1n) is 11.1. The highest BCUT2D eigenvalue weighted by atomic mass is 32.2. The Morgan fingerprint density at radius 3 is 2.26 bits per heavy atom. The van der Waals surface area contributed by atoms with E-state index in [9.17, 15) is 13.2 Å². The summed E-state index contributed by atoms with van der Waals surface area (Å²) in [6, 6.07) is 13.3. The molecular formula is C25H32F3N3O3S. The molecule has 0 saturated heterocycles. The molecule has 0 fully saturated rings. The lowest BCUT2D eigenvalue weighted by atomic mass is 10.1. The first kappa shape index (κ1) is 28.4. The Bertz CT molecular complexity index is 1310. The number of halogens is 3. The van der Waals surface area contributed by atoms with Crippen LogP contribution in [-0.4, -0.2) is 37.1 Å². The second kappa shape index (κ2) is 11.3. The molecule has 2 heterocycles. The summed E-state index contributed by atoms with van der Waals surface area (Å²) in [5.74, 6) is 0. The van der Waals surface area contributed by atoms with Crippen LogP contribution in [0.5, 0.6) is 0 Å². The van der Waals surface area contributed by atoms with Crippen molar-refractivity contribution in [2.75, 3.05) is 19.0 Å². The third-order valence-electron chi connectivity index (χ3n) is 5.78. The average Bonchev–Trinajstić information content (AvgIpc) is 3.03. The Morgan fingerprint density at radius 1 is 1.09 bits per heavy atom. The largest absolute Gasteiger partial charge is 0.741 e. The van der Waals surface area contributed by atoms with Crippen LogP contribution < -0.4 is 9.47 Å². The first-order chi connectivity index (χ1) is 16.2. The summed E-state index contributed by atoms with van der Waals surface area (Å²) < 4.78 is 63.6. The van der Waals surface area contributed by atoms with E-state index >= 15 is 0 Å². The van der Waals surface area contributed by atoms with E-state index in [0.29, 0.717) is 0 Å². The van der Waals surface area contributed by atoms with E-state index in [4.69, 9.17) is 13.0 Å². The van der Waals surface area contributed by atoms with Crippen LogP contribution in [0.1, 0.15) is 42.4 Å². The fraction of sp³-hybridized carbons (Fsp3) is 0.400. The van der Waals surface area contributed by atoms with Gasteiger partial charge in [-0.1, -0.05) is 13.3 Å². The van der Waals surface area contributed by atoms with Crippen molar-refractivity contribution in [1.29, 1.82) is 0 Å². The zero-order valence-corrected chi connectivity index (χ0v) is 21.7. The topological polar surface area (TPSA) is 69.2 Å². The van der Waals surface area contributed by atoms with Crippen molar-refractivity contribution in [3.63, 3.8) is 0 Å². The Balaban J connectivity index is 0.000000466. The number of nitrogens with zero attached hydrogens (tertiary/aromatic N) is 3. The van der Waals surface area contributed by atoms with E-state index in [1.54, 1.807) is 0 Å². The van der Waals surface area contributed by atoms with Crippen molar-refractivity contribution in [2.24, 2.45) is 7.05 Å². The second-order valence-electron chi connectivity index (χ2n) is 8.52. The summed E-state index contributed by atoms with van der Waals surface area (Å²) in [5.41, 5.74) is 2.05. The number of alkyl halides is 3. The number of anilines is 1. The predicted octanol–water partition coefficient (Wildman–Crippen LogP) is 5.17. The number of benzene rings is 1. The van der Waals surface area contributed by atoms with Crippen molar-refractivity contribution in [3.05, 3.63) is 59.0 Å². The van der Waals surface area contributed by atoms with Gasteiger partial charge in [-0.2, -0.15) is 17.7 Å². The molecule has 3 rings (SSSR count). The molecule has 35 heavy (non-hydrogen) atoms. The Kier molecular flexibility index (Phi) is 9.13. The normalized spacial score (nSPS) is 12.2. The number of aryl methyl sites for hydroxylation is 2. The van der Waals surface area contributed by atoms with Gasteiger partial charge in [0.1, 0.15) is 7.05 Å². The molecule has 0 saturated carbocycles. The van der Waals surface area contributed by atoms with Crippen LogP contribution in [0.3, 0.4) is 0 Å². The molecule has 1 aromatic carbocycles. The number of rotatable bonds is 6. The molecule has 0 aliphatic carbocycles. The van der Waals surface area contributed by atoms with E-state index in [-0.39, 0.29) is 0 Å². The summed E-state index contributed by atoms with van der Waals surface area (Å²) in [7, 11) is 0.208. The maximum atomic E-state index is 10.7. The highest BCUT2D eigenvalue weighted by Gasteiger charge is 2.36. The molecule has 0 bridgehead atoms. The zero-order valence-electron chi connectivity index (χ0n) is 20.8. The van der Waals surface area contributed by atoms with Crippen molar-refractivity contribution in [1.82, 2.24) is 4.57 Å². The fourth-order valence-electron chi connectivity index (χ4n) is 3.68. The van der Waals surface area contributed by atoms with Crippen LogP contribution >= 0.6 is 0 Å². The SMILES string of the molecule is CCCCn1c(C)cc(/C=C/c2ccc3cc(N(C)C)ccc3[n+]2C)c1C.O=S(=O)([O-])C(F)(F)F. The number of unbranched alkanes of at least 4 members (excludes halogenated alkanes) is 1. The van der Waals surface area contributed by atoms with Crippen LogP contribution in [0.4, 0.5) is 18.9 Å². The fourth-order valence-corrected chi connectivity index (χ4v) is 3.68. The lowest BCUT2D eigenvalue weighted by molar-refractivity contribution is -0.646. The third-order valence-corrected chi connectivity index (χ3v) is 6.34. The van der Waals surface area contributed by atoms with Gasteiger partial charge in [0.15, 0.2) is 10.1 Å². The van der Waals surface area contributed by atoms with Crippen LogP contribution in [0.15, 0.2) is 36.4 Å². The van der Waals surface area contributed by atoms with E-state index in [2.05, 4.69) is 104 Å². The smallest absolute Gasteiger partial charge is 0.485 e. The van der Waals surface area contributed by atoms with Gasteiger partial charge in [0.25, 0.3) is 0 Å². The summed E-state index contributed by atoms with van der Waals surface area (Å²) in [6.45, 7) is 7.79. The highest BCUT2D eigenvalue weighted by Crippen LogP contribution is 2.22. The summed E-state index contributed by atoms with van der Waals surface area (Å²) >= 11 is 0. The Hall–Kier alpha value is -2.85. The maximum absolute atomic E-state index is 10.7. The van der Waals surface area contributed by atoms with Crippen LogP contribution in [-0.2, 0) is 23.7 Å². The molecular weight excluding hydrogens is 479 g/mol. The minimum absolute atomic E-state index is 1.11. The van der Waals surface area contributed by atoms with Gasteiger partial charge in [-0.05, 0) is 56.2 Å². The molecule has 0 atom stereocenters. The lowest BCUT2D eigenvalue weighted by Crippen LogP contribution is -2.32. The third kappa shape index (κ3) is 7.08. The van der Waals surface area contributed by atoms with Crippen molar-refractivity contribution < 1.29 is 30.7 Å². The summed E-state index contributed by atoms with van der Waals surface area (Å²) in [5, 5.41) is 1.26. The molecule has 6 nitrogen and oxygen atoms in total.